The molecule has 0 fully saturated rings. The fraction of sp³-hybridized carbons (Fsp3) is 0.227. The first-order chi connectivity index (χ1) is 13.9. The van der Waals surface area contributed by atoms with E-state index in [0.29, 0.717) is 27.9 Å². The van der Waals surface area contributed by atoms with Gasteiger partial charge in [-0.1, -0.05) is 59.8 Å². The van der Waals surface area contributed by atoms with Crippen molar-refractivity contribution in [3.63, 3.8) is 0 Å². The third-order valence-electron chi connectivity index (χ3n) is 5.10. The highest BCUT2D eigenvalue weighted by atomic mass is 32.2. The van der Waals surface area contributed by atoms with Crippen LogP contribution in [0, 0.1) is 12.7 Å². The lowest BCUT2D eigenvalue weighted by Crippen LogP contribution is -2.33. The van der Waals surface area contributed by atoms with Crippen LogP contribution in [0.15, 0.2) is 58.5 Å². The summed E-state index contributed by atoms with van der Waals surface area (Å²) >= 11 is 1.26. The molecule has 148 valence electrons. The number of aromatic nitrogens is 2. The third-order valence-corrected chi connectivity index (χ3v) is 6.17. The van der Waals surface area contributed by atoms with E-state index in [1.165, 1.54) is 17.8 Å². The van der Waals surface area contributed by atoms with Crippen molar-refractivity contribution in [1.82, 2.24) is 9.55 Å². The molecule has 29 heavy (non-hydrogen) atoms. The quantitative estimate of drug-likeness (QED) is 0.523. The van der Waals surface area contributed by atoms with Crippen LogP contribution in [0.25, 0.3) is 0 Å². The second-order valence-electron chi connectivity index (χ2n) is 7.12. The molecular weight excluding hydrogens is 389 g/mol. The number of anilines is 1. The van der Waals surface area contributed by atoms with Gasteiger partial charge in [0, 0.05) is 25.1 Å². The zero-order valence-electron chi connectivity index (χ0n) is 16.1. The molecule has 1 atom stereocenters. The summed E-state index contributed by atoms with van der Waals surface area (Å²) in [5, 5.41) is 3.26. The molecule has 1 unspecified atom stereocenters. The first-order valence-electron chi connectivity index (χ1n) is 9.27. The SMILES string of the molecule is Cc1ccc(C2CC(=O)Nc3c2c(=O)nc(SCc2ccccc2F)n3C)cc1. The Morgan fingerprint density at radius 3 is 2.62 bits per heavy atom. The fourth-order valence-corrected chi connectivity index (χ4v) is 4.46. The number of amides is 1. The van der Waals surface area contributed by atoms with Crippen LogP contribution in [-0.2, 0) is 17.6 Å². The first kappa shape index (κ1) is 19.4. The Morgan fingerprint density at radius 2 is 1.90 bits per heavy atom. The van der Waals surface area contributed by atoms with E-state index in [-0.39, 0.29) is 29.6 Å². The maximum absolute atomic E-state index is 13.9. The van der Waals surface area contributed by atoms with Gasteiger partial charge in [0.05, 0.1) is 5.56 Å². The number of hydrogen-bond acceptors (Lipinski definition) is 4. The summed E-state index contributed by atoms with van der Waals surface area (Å²) < 4.78 is 15.6. The summed E-state index contributed by atoms with van der Waals surface area (Å²) in [6.45, 7) is 1.99. The number of carbonyl (C=O) groups excluding carboxylic acids is 1. The summed E-state index contributed by atoms with van der Waals surface area (Å²) in [4.78, 5) is 29.5. The van der Waals surface area contributed by atoms with Gasteiger partial charge in [0.2, 0.25) is 5.91 Å². The highest BCUT2D eigenvalue weighted by Gasteiger charge is 2.32. The van der Waals surface area contributed by atoms with Gasteiger partial charge in [0.15, 0.2) is 5.16 Å². The average molecular weight is 409 g/mol. The van der Waals surface area contributed by atoms with Crippen LogP contribution in [0.5, 0.6) is 0 Å². The first-order valence-corrected chi connectivity index (χ1v) is 10.3. The molecular formula is C22H20FN3O2S. The Kier molecular flexibility index (Phi) is 5.24. The summed E-state index contributed by atoms with van der Waals surface area (Å²) in [5.74, 6) is 0.0187. The molecule has 1 N–H and O–H groups in total. The Balaban J connectivity index is 1.72. The third kappa shape index (κ3) is 3.82. The van der Waals surface area contributed by atoms with Crippen molar-refractivity contribution in [2.45, 2.75) is 30.2 Å². The monoisotopic (exact) mass is 409 g/mol. The molecule has 0 bridgehead atoms. The normalized spacial score (nSPS) is 15.7. The van der Waals surface area contributed by atoms with Gasteiger partial charge in [-0.25, -0.2) is 4.39 Å². The van der Waals surface area contributed by atoms with Crippen LogP contribution < -0.4 is 10.9 Å². The van der Waals surface area contributed by atoms with Gasteiger partial charge in [-0.3, -0.25) is 9.59 Å². The van der Waals surface area contributed by atoms with Gasteiger partial charge in [0.25, 0.3) is 5.56 Å². The van der Waals surface area contributed by atoms with E-state index in [1.807, 2.05) is 31.2 Å². The van der Waals surface area contributed by atoms with Crippen LogP contribution in [-0.4, -0.2) is 15.5 Å². The number of halogens is 1. The minimum Gasteiger partial charge on any atom is -0.312 e. The zero-order valence-corrected chi connectivity index (χ0v) is 16.9. The van der Waals surface area contributed by atoms with Crippen LogP contribution in [0.4, 0.5) is 10.2 Å². The predicted octanol–water partition coefficient (Wildman–Crippen LogP) is 3.99. The molecule has 1 aliphatic heterocycles. The maximum atomic E-state index is 13.9. The van der Waals surface area contributed by atoms with Gasteiger partial charge in [-0.15, -0.1) is 0 Å². The molecule has 0 radical (unpaired) electrons. The molecule has 2 heterocycles. The summed E-state index contributed by atoms with van der Waals surface area (Å²) in [6.07, 6.45) is 0.203. The van der Waals surface area contributed by atoms with Gasteiger partial charge in [-0.05, 0) is 24.1 Å². The largest absolute Gasteiger partial charge is 0.312 e. The summed E-state index contributed by atoms with van der Waals surface area (Å²) in [6, 6.07) is 14.3. The van der Waals surface area contributed by atoms with E-state index in [0.717, 1.165) is 11.1 Å². The standard InChI is InChI=1S/C22H20FN3O2S/c1-13-7-9-14(10-8-13)16-11-18(27)24-20-19(16)21(28)25-22(26(20)2)29-12-15-5-3-4-6-17(15)23/h3-10,16H,11-12H2,1-2H3,(H,24,27). The molecule has 5 nitrogen and oxygen atoms in total. The number of benzene rings is 2. The number of carbonyl (C=O) groups is 1. The lowest BCUT2D eigenvalue weighted by atomic mass is 9.86. The van der Waals surface area contributed by atoms with E-state index >= 15 is 0 Å². The molecule has 1 amide bonds. The van der Waals surface area contributed by atoms with Crippen molar-refractivity contribution < 1.29 is 9.18 Å². The predicted molar refractivity (Wildman–Crippen MR) is 112 cm³/mol. The Morgan fingerprint density at radius 1 is 1.17 bits per heavy atom. The number of aryl methyl sites for hydroxylation is 1. The lowest BCUT2D eigenvalue weighted by molar-refractivity contribution is -0.116. The van der Waals surface area contributed by atoms with Crippen LogP contribution in [0.3, 0.4) is 0 Å². The van der Waals surface area contributed by atoms with E-state index in [2.05, 4.69) is 10.3 Å². The number of thioether (sulfide) groups is 1. The molecule has 3 aromatic rings. The van der Waals surface area contributed by atoms with Crippen molar-refractivity contribution >= 4 is 23.5 Å². The van der Waals surface area contributed by atoms with E-state index in [1.54, 1.807) is 29.8 Å². The Bertz CT molecular complexity index is 1140. The van der Waals surface area contributed by atoms with Crippen molar-refractivity contribution in [1.29, 1.82) is 0 Å². The number of fused-ring (bicyclic) bond motifs is 1. The average Bonchev–Trinajstić information content (AvgIpc) is 2.70. The number of nitrogens with one attached hydrogen (secondary N) is 1. The van der Waals surface area contributed by atoms with Crippen LogP contribution >= 0.6 is 11.8 Å². The smallest absolute Gasteiger partial charge is 0.279 e. The molecule has 4 rings (SSSR count). The maximum Gasteiger partial charge on any atom is 0.279 e. The summed E-state index contributed by atoms with van der Waals surface area (Å²) in [7, 11) is 1.76. The van der Waals surface area contributed by atoms with E-state index in [4.69, 9.17) is 0 Å². The highest BCUT2D eigenvalue weighted by Crippen LogP contribution is 2.36. The second-order valence-corrected chi connectivity index (χ2v) is 8.06. The van der Waals surface area contributed by atoms with Crippen LogP contribution in [0.2, 0.25) is 0 Å². The highest BCUT2D eigenvalue weighted by molar-refractivity contribution is 7.98. The van der Waals surface area contributed by atoms with E-state index < -0.39 is 0 Å². The van der Waals surface area contributed by atoms with Gasteiger partial charge in [-0.2, -0.15) is 4.98 Å². The van der Waals surface area contributed by atoms with Gasteiger partial charge < -0.3 is 9.88 Å². The van der Waals surface area contributed by atoms with Crippen molar-refractivity contribution in [3.8, 4) is 0 Å². The van der Waals surface area contributed by atoms with Crippen molar-refractivity contribution in [2.24, 2.45) is 7.05 Å². The van der Waals surface area contributed by atoms with Crippen molar-refractivity contribution in [3.05, 3.63) is 87.0 Å². The van der Waals surface area contributed by atoms with E-state index in [9.17, 15) is 14.0 Å². The lowest BCUT2D eigenvalue weighted by Gasteiger charge is -2.27. The minimum absolute atomic E-state index is 0.144. The molecule has 7 heteroatoms. The summed E-state index contributed by atoms with van der Waals surface area (Å²) in [5.41, 5.74) is 2.69. The molecule has 2 aromatic carbocycles. The fourth-order valence-electron chi connectivity index (χ4n) is 3.51. The minimum atomic E-state index is -0.361. The van der Waals surface area contributed by atoms with Crippen LogP contribution in [0.1, 0.15) is 34.6 Å². The molecule has 1 aliphatic rings. The molecule has 0 saturated heterocycles. The topological polar surface area (TPSA) is 64.0 Å². The van der Waals surface area contributed by atoms with Gasteiger partial charge in [0.1, 0.15) is 11.6 Å². The Labute approximate surface area is 172 Å². The number of hydrogen-bond donors (Lipinski definition) is 1. The zero-order chi connectivity index (χ0) is 20.5. The Hall–Kier alpha value is -2.93. The van der Waals surface area contributed by atoms with Gasteiger partial charge >= 0.3 is 0 Å². The second kappa shape index (κ2) is 7.83. The molecule has 0 spiro atoms. The number of nitrogens with zero attached hydrogens (tertiary/aromatic N) is 2. The van der Waals surface area contributed by atoms with Crippen molar-refractivity contribution in [2.75, 3.05) is 5.32 Å². The molecule has 1 aromatic heterocycles. The number of rotatable bonds is 4. The molecule has 0 aliphatic carbocycles. The molecule has 0 saturated carbocycles.